The smallest absolute Gasteiger partial charge is 0.263 e. The number of amides is 1. The predicted molar refractivity (Wildman–Crippen MR) is 116 cm³/mol. The molecule has 0 saturated carbocycles. The highest BCUT2D eigenvalue weighted by Crippen LogP contribution is 2.40. The third kappa shape index (κ3) is 4.24. The van der Waals surface area contributed by atoms with Crippen molar-refractivity contribution >= 4 is 22.9 Å². The molecule has 2 aromatic rings. The van der Waals surface area contributed by atoms with Crippen LogP contribution in [0.4, 0.5) is 5.69 Å². The maximum Gasteiger partial charge on any atom is 0.263 e. The number of carbonyl (C=O) groups is 1. The van der Waals surface area contributed by atoms with Gasteiger partial charge in [-0.25, -0.2) is 0 Å². The summed E-state index contributed by atoms with van der Waals surface area (Å²) in [5, 5.41) is 3.54. The first-order valence-corrected chi connectivity index (χ1v) is 11.3. The average molecular weight is 398 g/mol. The summed E-state index contributed by atoms with van der Waals surface area (Å²) in [5.41, 5.74) is 2.83. The number of anilines is 1. The molecule has 2 aliphatic rings. The fraction of sp³-hybridized carbons (Fsp3) is 0.565. The molecule has 1 saturated heterocycles. The van der Waals surface area contributed by atoms with Crippen molar-refractivity contribution in [2.75, 3.05) is 18.4 Å². The van der Waals surface area contributed by atoms with E-state index in [1.165, 1.54) is 16.9 Å². The van der Waals surface area contributed by atoms with Gasteiger partial charge in [-0.05, 0) is 67.2 Å². The Labute approximate surface area is 172 Å². The van der Waals surface area contributed by atoms with E-state index in [0.717, 1.165) is 49.3 Å². The second-order valence-electron chi connectivity index (χ2n) is 9.32. The number of likely N-dealkylation sites (tertiary alicyclic amines) is 1. The van der Waals surface area contributed by atoms with Gasteiger partial charge in [0.1, 0.15) is 0 Å². The Hall–Kier alpha value is -1.88. The van der Waals surface area contributed by atoms with Crippen LogP contribution >= 0.6 is 11.3 Å². The van der Waals surface area contributed by atoms with Gasteiger partial charge in [0.15, 0.2) is 0 Å². The number of rotatable bonds is 3. The van der Waals surface area contributed by atoms with Crippen molar-refractivity contribution in [3.8, 4) is 0 Å². The van der Waals surface area contributed by atoms with Crippen molar-refractivity contribution in [2.45, 2.75) is 58.9 Å². The Kier molecular flexibility index (Phi) is 5.46. The number of hydrogen-bond acceptors (Lipinski definition) is 4. The predicted octanol–water partition coefficient (Wildman–Crippen LogP) is 5.01. The summed E-state index contributed by atoms with van der Waals surface area (Å²) in [6.45, 7) is 8.66. The van der Waals surface area contributed by atoms with Gasteiger partial charge in [0.25, 0.3) is 5.91 Å². The standard InChI is InChI=1S/C23H31N3OS/c1-23(2,3)17-6-7-20-16(13-17)14-21(28-20)22(27)26-11-8-18(9-12-26)25-19-5-4-10-24-15-19/h4-5,10,14-15,17-18,25H,6-9,11-13H2,1-3H3/t17-/m1/s1. The second kappa shape index (κ2) is 7.86. The van der Waals surface area contributed by atoms with E-state index in [2.05, 4.69) is 37.1 Å². The number of aryl methyl sites for hydroxylation is 1. The first-order valence-electron chi connectivity index (χ1n) is 10.5. The maximum absolute atomic E-state index is 13.1. The Morgan fingerprint density at radius 1 is 1.25 bits per heavy atom. The van der Waals surface area contributed by atoms with Gasteiger partial charge in [-0.1, -0.05) is 20.8 Å². The summed E-state index contributed by atoms with van der Waals surface area (Å²) in [6, 6.07) is 6.60. The molecule has 0 bridgehead atoms. The zero-order chi connectivity index (χ0) is 19.7. The zero-order valence-corrected chi connectivity index (χ0v) is 18.0. The number of piperidine rings is 1. The molecule has 28 heavy (non-hydrogen) atoms. The van der Waals surface area contributed by atoms with Gasteiger partial charge in [0.05, 0.1) is 10.6 Å². The molecule has 0 unspecified atom stereocenters. The van der Waals surface area contributed by atoms with Crippen LogP contribution in [0.25, 0.3) is 0 Å². The van der Waals surface area contributed by atoms with Gasteiger partial charge in [0, 0.05) is 36.4 Å². The molecule has 0 spiro atoms. The third-order valence-corrected chi connectivity index (χ3v) is 7.56. The second-order valence-corrected chi connectivity index (χ2v) is 10.5. The molecule has 3 heterocycles. The van der Waals surface area contributed by atoms with E-state index in [1.807, 2.05) is 23.2 Å². The van der Waals surface area contributed by atoms with E-state index in [4.69, 9.17) is 0 Å². The first-order chi connectivity index (χ1) is 13.4. The van der Waals surface area contributed by atoms with Crippen LogP contribution < -0.4 is 5.32 Å². The molecule has 4 nitrogen and oxygen atoms in total. The number of fused-ring (bicyclic) bond motifs is 1. The van der Waals surface area contributed by atoms with E-state index < -0.39 is 0 Å². The van der Waals surface area contributed by atoms with Crippen LogP contribution in [-0.2, 0) is 12.8 Å². The Morgan fingerprint density at radius 3 is 2.71 bits per heavy atom. The summed E-state index contributed by atoms with van der Waals surface area (Å²) < 4.78 is 0. The van der Waals surface area contributed by atoms with Crippen molar-refractivity contribution in [1.29, 1.82) is 0 Å². The largest absolute Gasteiger partial charge is 0.381 e. The topological polar surface area (TPSA) is 45.2 Å². The molecule has 1 N–H and O–H groups in total. The van der Waals surface area contributed by atoms with Gasteiger partial charge in [0.2, 0.25) is 0 Å². The molecule has 0 radical (unpaired) electrons. The van der Waals surface area contributed by atoms with E-state index in [1.54, 1.807) is 17.5 Å². The van der Waals surface area contributed by atoms with Gasteiger partial charge in [-0.3, -0.25) is 9.78 Å². The Balaban J connectivity index is 1.35. The normalized spacial score (nSPS) is 20.7. The Morgan fingerprint density at radius 2 is 2.04 bits per heavy atom. The molecule has 150 valence electrons. The highest BCUT2D eigenvalue weighted by atomic mass is 32.1. The fourth-order valence-corrected chi connectivity index (χ4v) is 5.61. The van der Waals surface area contributed by atoms with Gasteiger partial charge in [-0.2, -0.15) is 0 Å². The summed E-state index contributed by atoms with van der Waals surface area (Å²) in [5.74, 6) is 0.943. The average Bonchev–Trinajstić information content (AvgIpc) is 3.11. The summed E-state index contributed by atoms with van der Waals surface area (Å²) >= 11 is 1.74. The molecule has 1 aliphatic heterocycles. The number of thiophene rings is 1. The molecule has 0 aromatic carbocycles. The number of hydrogen-bond donors (Lipinski definition) is 1. The number of pyridine rings is 1. The van der Waals surface area contributed by atoms with Crippen LogP contribution in [-0.4, -0.2) is 34.9 Å². The fourth-order valence-electron chi connectivity index (χ4n) is 4.43. The van der Waals surface area contributed by atoms with Crippen molar-refractivity contribution in [2.24, 2.45) is 11.3 Å². The molecule has 1 fully saturated rings. The van der Waals surface area contributed by atoms with Crippen LogP contribution in [0, 0.1) is 11.3 Å². The third-order valence-electron chi connectivity index (χ3n) is 6.33. The van der Waals surface area contributed by atoms with E-state index >= 15 is 0 Å². The van der Waals surface area contributed by atoms with E-state index in [9.17, 15) is 4.79 Å². The summed E-state index contributed by atoms with van der Waals surface area (Å²) in [6.07, 6.45) is 9.12. The number of nitrogens with zero attached hydrogens (tertiary/aromatic N) is 2. The summed E-state index contributed by atoms with van der Waals surface area (Å²) in [4.78, 5) is 21.7. The molecule has 4 rings (SSSR count). The summed E-state index contributed by atoms with van der Waals surface area (Å²) in [7, 11) is 0. The van der Waals surface area contributed by atoms with Gasteiger partial charge < -0.3 is 10.2 Å². The lowest BCUT2D eigenvalue weighted by atomic mass is 9.72. The van der Waals surface area contributed by atoms with Gasteiger partial charge >= 0.3 is 0 Å². The highest BCUT2D eigenvalue weighted by molar-refractivity contribution is 7.14. The quantitative estimate of drug-likeness (QED) is 0.792. The van der Waals surface area contributed by atoms with Gasteiger partial charge in [-0.15, -0.1) is 11.3 Å². The minimum atomic E-state index is 0.228. The molecule has 5 heteroatoms. The first kappa shape index (κ1) is 19.4. The Bertz CT molecular complexity index is 816. The lowest BCUT2D eigenvalue weighted by Crippen LogP contribution is -2.42. The highest BCUT2D eigenvalue weighted by Gasteiger charge is 2.31. The van der Waals surface area contributed by atoms with Crippen LogP contribution in [0.3, 0.4) is 0 Å². The minimum Gasteiger partial charge on any atom is -0.381 e. The lowest BCUT2D eigenvalue weighted by Gasteiger charge is -2.33. The zero-order valence-electron chi connectivity index (χ0n) is 17.2. The van der Waals surface area contributed by atoms with Crippen LogP contribution in [0.1, 0.15) is 60.1 Å². The van der Waals surface area contributed by atoms with E-state index in [-0.39, 0.29) is 5.91 Å². The minimum absolute atomic E-state index is 0.228. The maximum atomic E-state index is 13.1. The monoisotopic (exact) mass is 397 g/mol. The SMILES string of the molecule is CC(C)(C)[C@@H]1CCc2sc(C(=O)N3CCC(Nc4cccnc4)CC3)cc2C1. The number of carbonyl (C=O) groups excluding carboxylic acids is 1. The molecular weight excluding hydrogens is 366 g/mol. The molecule has 2 aromatic heterocycles. The van der Waals surface area contributed by atoms with Crippen LogP contribution in [0.5, 0.6) is 0 Å². The molecule has 1 atom stereocenters. The molecule has 1 amide bonds. The van der Waals surface area contributed by atoms with Crippen molar-refractivity contribution in [1.82, 2.24) is 9.88 Å². The van der Waals surface area contributed by atoms with Crippen molar-refractivity contribution in [3.05, 3.63) is 45.9 Å². The number of aromatic nitrogens is 1. The number of nitrogens with one attached hydrogen (secondary N) is 1. The van der Waals surface area contributed by atoms with E-state index in [0.29, 0.717) is 17.4 Å². The van der Waals surface area contributed by atoms with Crippen molar-refractivity contribution < 1.29 is 4.79 Å². The van der Waals surface area contributed by atoms with Crippen LogP contribution in [0.15, 0.2) is 30.6 Å². The lowest BCUT2D eigenvalue weighted by molar-refractivity contribution is 0.0723. The molecule has 1 aliphatic carbocycles. The van der Waals surface area contributed by atoms with Crippen molar-refractivity contribution in [3.63, 3.8) is 0 Å². The molecular formula is C23H31N3OS. The van der Waals surface area contributed by atoms with Crippen LogP contribution in [0.2, 0.25) is 0 Å².